The van der Waals surface area contributed by atoms with Gasteiger partial charge in [0.1, 0.15) is 0 Å². The summed E-state index contributed by atoms with van der Waals surface area (Å²) in [5, 5.41) is 12.3. The van der Waals surface area contributed by atoms with Crippen LogP contribution in [0.25, 0.3) is 0 Å². The zero-order valence-electron chi connectivity index (χ0n) is 12.1. The molecule has 0 saturated heterocycles. The molecule has 0 aromatic heterocycles. The number of anilines is 2. The number of aromatic carboxylic acids is 1. The highest BCUT2D eigenvalue weighted by atomic mass is 16.4. The summed E-state index contributed by atoms with van der Waals surface area (Å²) >= 11 is 0. The van der Waals surface area contributed by atoms with E-state index in [0.29, 0.717) is 29.1 Å². The molecule has 0 atom stereocenters. The molecule has 4 nitrogen and oxygen atoms in total. The molecule has 106 valence electrons. The van der Waals surface area contributed by atoms with Crippen molar-refractivity contribution < 1.29 is 9.90 Å². The van der Waals surface area contributed by atoms with Gasteiger partial charge in [-0.05, 0) is 36.0 Å². The predicted octanol–water partition coefficient (Wildman–Crippen LogP) is 3.31. The number of nitrogen functional groups attached to an aromatic ring is 1. The van der Waals surface area contributed by atoms with Crippen molar-refractivity contribution in [2.75, 3.05) is 17.6 Å². The lowest BCUT2D eigenvalue weighted by molar-refractivity contribution is 0.0697. The average Bonchev–Trinajstić information content (AvgIpc) is 2.30. The fourth-order valence-electron chi connectivity index (χ4n) is 2.31. The van der Waals surface area contributed by atoms with Crippen LogP contribution in [-0.4, -0.2) is 17.6 Å². The van der Waals surface area contributed by atoms with E-state index in [2.05, 4.69) is 33.0 Å². The second-order valence-electron chi connectivity index (χ2n) is 5.64. The molecule has 0 aliphatic heterocycles. The van der Waals surface area contributed by atoms with Crippen LogP contribution in [0.4, 0.5) is 11.4 Å². The average molecular weight is 264 g/mol. The van der Waals surface area contributed by atoms with Gasteiger partial charge in [0.25, 0.3) is 0 Å². The first kappa shape index (κ1) is 15.3. The molecule has 4 heteroatoms. The molecule has 0 bridgehead atoms. The van der Waals surface area contributed by atoms with Gasteiger partial charge in [0.2, 0.25) is 0 Å². The van der Waals surface area contributed by atoms with Crippen LogP contribution in [0.5, 0.6) is 0 Å². The largest absolute Gasteiger partial charge is 0.478 e. The number of carbonyl (C=O) groups is 1. The van der Waals surface area contributed by atoms with Gasteiger partial charge in [-0.2, -0.15) is 0 Å². The molecule has 19 heavy (non-hydrogen) atoms. The number of rotatable bonds is 6. The Kier molecular flexibility index (Phi) is 5.21. The summed E-state index contributed by atoms with van der Waals surface area (Å²) < 4.78 is 0. The Morgan fingerprint density at radius 3 is 2.32 bits per heavy atom. The summed E-state index contributed by atoms with van der Waals surface area (Å²) in [5.41, 5.74) is 7.40. The highest BCUT2D eigenvalue weighted by Gasteiger charge is 2.17. The van der Waals surface area contributed by atoms with Crippen molar-refractivity contribution >= 4 is 17.3 Å². The lowest BCUT2D eigenvalue weighted by Gasteiger charge is -2.26. The van der Waals surface area contributed by atoms with E-state index in [1.165, 1.54) is 6.07 Å². The van der Waals surface area contributed by atoms with Crippen LogP contribution in [-0.2, 0) is 0 Å². The molecule has 0 aliphatic carbocycles. The smallest absolute Gasteiger partial charge is 0.335 e. The Hall–Kier alpha value is -1.71. The van der Waals surface area contributed by atoms with Crippen LogP contribution in [0.1, 0.15) is 38.1 Å². The standard InChI is InChI=1S/C15H24N2O2/c1-9(2)12(10(3)4)8-17-14-7-11(15(18)19)5-6-13(14)16/h5-7,9-10,12,17H,8,16H2,1-4H3,(H,18,19). The molecule has 4 N–H and O–H groups in total. The lowest BCUT2D eigenvalue weighted by atomic mass is 9.85. The molecule has 1 rings (SSSR count). The number of benzene rings is 1. The van der Waals surface area contributed by atoms with E-state index in [9.17, 15) is 4.79 Å². The molecule has 1 aromatic carbocycles. The Balaban J connectivity index is 2.81. The molecule has 1 aromatic rings. The Morgan fingerprint density at radius 2 is 1.84 bits per heavy atom. The minimum atomic E-state index is -0.938. The lowest BCUT2D eigenvalue weighted by Crippen LogP contribution is -2.24. The van der Waals surface area contributed by atoms with Gasteiger partial charge >= 0.3 is 5.97 Å². The van der Waals surface area contributed by atoms with Crippen LogP contribution in [0.3, 0.4) is 0 Å². The zero-order chi connectivity index (χ0) is 14.6. The summed E-state index contributed by atoms with van der Waals surface area (Å²) in [5.74, 6) is 0.716. The molecule has 0 saturated carbocycles. The molecule has 0 aliphatic rings. The molecule has 0 unspecified atom stereocenters. The third-order valence-corrected chi connectivity index (χ3v) is 3.54. The fraction of sp³-hybridized carbons (Fsp3) is 0.533. The molecule has 0 spiro atoms. The van der Waals surface area contributed by atoms with Crippen LogP contribution < -0.4 is 11.1 Å². The number of nitrogens with one attached hydrogen (secondary N) is 1. The van der Waals surface area contributed by atoms with Gasteiger partial charge in [0.05, 0.1) is 16.9 Å². The van der Waals surface area contributed by atoms with Gasteiger partial charge in [-0.3, -0.25) is 0 Å². The third kappa shape index (κ3) is 4.16. The first-order chi connectivity index (χ1) is 8.82. The van der Waals surface area contributed by atoms with Gasteiger partial charge in [-0.25, -0.2) is 4.79 Å². The normalized spacial score (nSPS) is 11.3. The van der Waals surface area contributed by atoms with Crippen molar-refractivity contribution in [3.8, 4) is 0 Å². The van der Waals surface area contributed by atoms with Gasteiger partial charge < -0.3 is 16.2 Å². The van der Waals surface area contributed by atoms with Crippen molar-refractivity contribution in [2.24, 2.45) is 17.8 Å². The van der Waals surface area contributed by atoms with Crippen molar-refractivity contribution in [3.05, 3.63) is 23.8 Å². The Bertz CT molecular complexity index is 434. The number of nitrogens with two attached hydrogens (primary N) is 1. The Labute approximate surface area is 115 Å². The van der Waals surface area contributed by atoms with Gasteiger partial charge in [-0.1, -0.05) is 27.7 Å². The minimum absolute atomic E-state index is 0.252. The topological polar surface area (TPSA) is 75.3 Å². The number of hydrogen-bond donors (Lipinski definition) is 3. The van der Waals surface area contributed by atoms with E-state index in [0.717, 1.165) is 6.54 Å². The number of carboxylic acids is 1. The van der Waals surface area contributed by atoms with E-state index in [1.54, 1.807) is 12.1 Å². The summed E-state index contributed by atoms with van der Waals surface area (Å²) in [6.07, 6.45) is 0. The number of carboxylic acid groups (broad SMARTS) is 1. The molecule has 0 radical (unpaired) electrons. The van der Waals surface area contributed by atoms with Crippen molar-refractivity contribution in [1.29, 1.82) is 0 Å². The molecular weight excluding hydrogens is 240 g/mol. The molecular formula is C15H24N2O2. The van der Waals surface area contributed by atoms with E-state index in [4.69, 9.17) is 10.8 Å². The second-order valence-corrected chi connectivity index (χ2v) is 5.64. The van der Waals surface area contributed by atoms with Crippen LogP contribution in [0.15, 0.2) is 18.2 Å². The summed E-state index contributed by atoms with van der Waals surface area (Å²) in [6, 6.07) is 4.74. The molecule has 0 fully saturated rings. The van der Waals surface area contributed by atoms with E-state index in [-0.39, 0.29) is 5.56 Å². The van der Waals surface area contributed by atoms with Crippen molar-refractivity contribution in [1.82, 2.24) is 0 Å². The predicted molar refractivity (Wildman–Crippen MR) is 79.5 cm³/mol. The number of hydrogen-bond acceptors (Lipinski definition) is 3. The van der Waals surface area contributed by atoms with Crippen molar-refractivity contribution in [2.45, 2.75) is 27.7 Å². The maximum atomic E-state index is 11.0. The first-order valence-electron chi connectivity index (χ1n) is 6.69. The summed E-state index contributed by atoms with van der Waals surface area (Å²) in [4.78, 5) is 11.0. The molecule has 0 heterocycles. The summed E-state index contributed by atoms with van der Waals surface area (Å²) in [7, 11) is 0. The van der Waals surface area contributed by atoms with Crippen LogP contribution in [0.2, 0.25) is 0 Å². The SMILES string of the molecule is CC(C)C(CNc1cc(C(=O)O)ccc1N)C(C)C. The highest BCUT2D eigenvalue weighted by molar-refractivity contribution is 5.90. The van der Waals surface area contributed by atoms with Crippen molar-refractivity contribution in [3.63, 3.8) is 0 Å². The monoisotopic (exact) mass is 264 g/mol. The molecule has 0 amide bonds. The maximum absolute atomic E-state index is 11.0. The van der Waals surface area contributed by atoms with Crippen LogP contribution in [0, 0.1) is 17.8 Å². The first-order valence-corrected chi connectivity index (χ1v) is 6.69. The second kappa shape index (κ2) is 6.45. The summed E-state index contributed by atoms with van der Waals surface area (Å²) in [6.45, 7) is 9.59. The zero-order valence-corrected chi connectivity index (χ0v) is 12.1. The maximum Gasteiger partial charge on any atom is 0.335 e. The quantitative estimate of drug-likeness (QED) is 0.689. The van der Waals surface area contributed by atoms with E-state index < -0.39 is 5.97 Å². The van der Waals surface area contributed by atoms with Gasteiger partial charge in [0.15, 0.2) is 0 Å². The fourth-order valence-corrected chi connectivity index (χ4v) is 2.31. The van der Waals surface area contributed by atoms with Crippen LogP contribution >= 0.6 is 0 Å². The third-order valence-electron chi connectivity index (χ3n) is 3.54. The minimum Gasteiger partial charge on any atom is -0.478 e. The highest BCUT2D eigenvalue weighted by Crippen LogP contribution is 2.24. The van der Waals surface area contributed by atoms with E-state index >= 15 is 0 Å². The van der Waals surface area contributed by atoms with E-state index in [1.807, 2.05) is 0 Å². The Morgan fingerprint density at radius 1 is 1.26 bits per heavy atom. The van der Waals surface area contributed by atoms with Gasteiger partial charge in [-0.15, -0.1) is 0 Å². The van der Waals surface area contributed by atoms with Gasteiger partial charge in [0, 0.05) is 6.54 Å².